The molecule has 0 aliphatic rings. The quantitative estimate of drug-likeness (QED) is 0.573. The lowest BCUT2D eigenvalue weighted by Crippen LogP contribution is -2.35. The monoisotopic (exact) mass is 408 g/mol. The number of nitrogens with zero attached hydrogens (tertiary/aromatic N) is 3. The van der Waals surface area contributed by atoms with Crippen LogP contribution in [0.25, 0.3) is 5.69 Å². The Kier molecular flexibility index (Phi) is 7.12. The number of carbonyl (C=O) groups excluding carboxylic acids is 1. The standard InChI is InChI=1S/C23H28N4OS/c1-17-9-8-12-20(18(17)2)27-14-13-24-23(27)29-16-22(28)25-15-21(26(3)4)19-10-6-5-7-11-19/h5-14,21H,15-16H2,1-4H3,(H,25,28). The van der Waals surface area contributed by atoms with Crippen LogP contribution < -0.4 is 5.32 Å². The van der Waals surface area contributed by atoms with Crippen LogP contribution in [0.2, 0.25) is 0 Å². The summed E-state index contributed by atoms with van der Waals surface area (Å²) in [6, 6.07) is 16.6. The van der Waals surface area contributed by atoms with Crippen molar-refractivity contribution in [3.63, 3.8) is 0 Å². The molecule has 1 atom stereocenters. The Morgan fingerprint density at radius 1 is 1.14 bits per heavy atom. The van der Waals surface area contributed by atoms with Crippen LogP contribution in [0.4, 0.5) is 0 Å². The molecule has 0 saturated carbocycles. The normalized spacial score (nSPS) is 12.2. The first-order valence-electron chi connectivity index (χ1n) is 9.68. The number of imidazole rings is 1. The van der Waals surface area contributed by atoms with Crippen LogP contribution in [0.1, 0.15) is 22.7 Å². The molecule has 0 saturated heterocycles. The smallest absolute Gasteiger partial charge is 0.230 e. The van der Waals surface area contributed by atoms with Crippen LogP contribution in [0.15, 0.2) is 66.1 Å². The highest BCUT2D eigenvalue weighted by Gasteiger charge is 2.16. The SMILES string of the molecule is Cc1cccc(-n2ccnc2SCC(=O)NCC(c2ccccc2)N(C)C)c1C. The average Bonchev–Trinajstić information content (AvgIpc) is 3.17. The molecule has 0 bridgehead atoms. The van der Waals surface area contributed by atoms with E-state index in [-0.39, 0.29) is 11.9 Å². The minimum atomic E-state index is 0.00768. The first-order chi connectivity index (χ1) is 14.0. The van der Waals surface area contributed by atoms with E-state index in [1.54, 1.807) is 6.20 Å². The predicted octanol–water partition coefficient (Wildman–Crippen LogP) is 4.00. The second-order valence-corrected chi connectivity index (χ2v) is 8.22. The fourth-order valence-corrected chi connectivity index (χ4v) is 4.04. The molecular formula is C23H28N4OS. The van der Waals surface area contributed by atoms with Crippen molar-refractivity contribution in [2.75, 3.05) is 26.4 Å². The van der Waals surface area contributed by atoms with Gasteiger partial charge in [-0.2, -0.15) is 0 Å². The molecule has 0 aliphatic carbocycles. The number of amides is 1. The third-order valence-corrected chi connectivity index (χ3v) is 6.04. The number of thioether (sulfide) groups is 1. The van der Waals surface area contributed by atoms with E-state index in [9.17, 15) is 4.79 Å². The molecule has 1 aromatic heterocycles. The highest BCUT2D eigenvalue weighted by Crippen LogP contribution is 2.24. The Morgan fingerprint density at radius 3 is 2.62 bits per heavy atom. The lowest BCUT2D eigenvalue weighted by atomic mass is 10.1. The topological polar surface area (TPSA) is 50.2 Å². The number of nitrogens with one attached hydrogen (secondary N) is 1. The second-order valence-electron chi connectivity index (χ2n) is 7.28. The number of carbonyl (C=O) groups is 1. The van der Waals surface area contributed by atoms with E-state index < -0.39 is 0 Å². The fourth-order valence-electron chi connectivity index (χ4n) is 3.24. The predicted molar refractivity (Wildman–Crippen MR) is 120 cm³/mol. The van der Waals surface area contributed by atoms with Crippen LogP contribution in [0.3, 0.4) is 0 Å². The van der Waals surface area contributed by atoms with Crippen molar-refractivity contribution < 1.29 is 4.79 Å². The van der Waals surface area contributed by atoms with Gasteiger partial charge in [0.15, 0.2) is 5.16 Å². The molecule has 1 amide bonds. The first kappa shape index (κ1) is 21.1. The molecule has 1 N–H and O–H groups in total. The number of benzene rings is 2. The number of hydrogen-bond acceptors (Lipinski definition) is 4. The van der Waals surface area contributed by atoms with Crippen LogP contribution in [0.5, 0.6) is 0 Å². The van der Waals surface area contributed by atoms with Crippen molar-refractivity contribution in [3.05, 3.63) is 77.6 Å². The fraction of sp³-hybridized carbons (Fsp3) is 0.304. The van der Waals surface area contributed by atoms with E-state index >= 15 is 0 Å². The zero-order valence-electron chi connectivity index (χ0n) is 17.4. The maximum absolute atomic E-state index is 12.5. The van der Waals surface area contributed by atoms with Crippen LogP contribution in [-0.4, -0.2) is 46.8 Å². The summed E-state index contributed by atoms with van der Waals surface area (Å²) < 4.78 is 2.05. The lowest BCUT2D eigenvalue weighted by molar-refractivity contribution is -0.118. The molecule has 1 unspecified atom stereocenters. The van der Waals surface area contributed by atoms with Crippen molar-refractivity contribution in [1.82, 2.24) is 19.8 Å². The molecule has 5 nitrogen and oxygen atoms in total. The molecule has 0 radical (unpaired) electrons. The molecule has 0 spiro atoms. The Balaban J connectivity index is 1.61. The van der Waals surface area contributed by atoms with E-state index in [1.807, 2.05) is 49.1 Å². The molecule has 2 aromatic carbocycles. The van der Waals surface area contributed by atoms with Crippen molar-refractivity contribution in [2.24, 2.45) is 0 Å². The van der Waals surface area contributed by atoms with E-state index in [1.165, 1.54) is 28.5 Å². The maximum Gasteiger partial charge on any atom is 0.230 e. The number of aromatic nitrogens is 2. The first-order valence-corrected chi connectivity index (χ1v) is 10.7. The van der Waals surface area contributed by atoms with Gasteiger partial charge in [-0.05, 0) is 50.7 Å². The summed E-state index contributed by atoms with van der Waals surface area (Å²) in [5, 5.41) is 3.89. The van der Waals surface area contributed by atoms with Gasteiger partial charge in [-0.15, -0.1) is 0 Å². The van der Waals surface area contributed by atoms with E-state index in [2.05, 4.69) is 53.3 Å². The summed E-state index contributed by atoms with van der Waals surface area (Å²) in [5.74, 6) is 0.338. The molecule has 6 heteroatoms. The summed E-state index contributed by atoms with van der Waals surface area (Å²) >= 11 is 1.45. The van der Waals surface area contributed by atoms with Crippen LogP contribution in [0, 0.1) is 13.8 Å². The van der Waals surface area contributed by atoms with Gasteiger partial charge < -0.3 is 10.2 Å². The van der Waals surface area contributed by atoms with Gasteiger partial charge in [0.1, 0.15) is 0 Å². The molecule has 0 aliphatic heterocycles. The number of hydrogen-bond donors (Lipinski definition) is 1. The van der Waals surface area contributed by atoms with Gasteiger partial charge in [-0.1, -0.05) is 54.2 Å². The molecule has 29 heavy (non-hydrogen) atoms. The maximum atomic E-state index is 12.5. The Labute approximate surface area is 177 Å². The number of likely N-dealkylation sites (N-methyl/N-ethyl adjacent to an activating group) is 1. The minimum absolute atomic E-state index is 0.00768. The molecule has 3 aromatic rings. The highest BCUT2D eigenvalue weighted by molar-refractivity contribution is 7.99. The molecular weight excluding hydrogens is 380 g/mol. The summed E-state index contributed by atoms with van der Waals surface area (Å²) in [5.41, 5.74) is 4.74. The van der Waals surface area contributed by atoms with Gasteiger partial charge in [0, 0.05) is 18.9 Å². The Hall–Kier alpha value is -2.57. The summed E-state index contributed by atoms with van der Waals surface area (Å²) in [4.78, 5) is 19.0. The highest BCUT2D eigenvalue weighted by atomic mass is 32.2. The van der Waals surface area contributed by atoms with Gasteiger partial charge in [-0.25, -0.2) is 4.98 Å². The molecule has 1 heterocycles. The third kappa shape index (κ3) is 5.28. The average molecular weight is 409 g/mol. The lowest BCUT2D eigenvalue weighted by Gasteiger charge is -2.25. The Morgan fingerprint density at radius 2 is 1.90 bits per heavy atom. The zero-order chi connectivity index (χ0) is 20.8. The zero-order valence-corrected chi connectivity index (χ0v) is 18.2. The minimum Gasteiger partial charge on any atom is -0.353 e. The van der Waals surface area contributed by atoms with Crippen LogP contribution >= 0.6 is 11.8 Å². The van der Waals surface area contributed by atoms with Crippen molar-refractivity contribution in [2.45, 2.75) is 25.0 Å². The van der Waals surface area contributed by atoms with Gasteiger partial charge in [0.05, 0.1) is 17.5 Å². The summed E-state index contributed by atoms with van der Waals surface area (Å²) in [6.07, 6.45) is 3.72. The van der Waals surface area contributed by atoms with Gasteiger partial charge in [0.2, 0.25) is 5.91 Å². The summed E-state index contributed by atoms with van der Waals surface area (Å²) in [7, 11) is 4.05. The van der Waals surface area contributed by atoms with E-state index in [0.29, 0.717) is 12.3 Å². The van der Waals surface area contributed by atoms with Gasteiger partial charge >= 0.3 is 0 Å². The second kappa shape index (κ2) is 9.76. The van der Waals surface area contributed by atoms with E-state index in [0.717, 1.165) is 10.8 Å². The van der Waals surface area contributed by atoms with Gasteiger partial charge in [0.25, 0.3) is 0 Å². The van der Waals surface area contributed by atoms with Gasteiger partial charge in [-0.3, -0.25) is 9.36 Å². The third-order valence-electron chi connectivity index (χ3n) is 5.08. The van der Waals surface area contributed by atoms with E-state index in [4.69, 9.17) is 0 Å². The van der Waals surface area contributed by atoms with Crippen molar-refractivity contribution in [3.8, 4) is 5.69 Å². The van der Waals surface area contributed by atoms with Crippen LogP contribution in [-0.2, 0) is 4.79 Å². The molecule has 152 valence electrons. The Bertz CT molecular complexity index is 953. The van der Waals surface area contributed by atoms with Crippen molar-refractivity contribution in [1.29, 1.82) is 0 Å². The number of aryl methyl sites for hydroxylation is 1. The largest absolute Gasteiger partial charge is 0.353 e. The number of rotatable bonds is 8. The molecule has 0 fully saturated rings. The van der Waals surface area contributed by atoms with Crippen molar-refractivity contribution >= 4 is 17.7 Å². The summed E-state index contributed by atoms with van der Waals surface area (Å²) in [6.45, 7) is 4.78. The molecule has 3 rings (SSSR count).